The van der Waals surface area contributed by atoms with Crippen LogP contribution in [0.1, 0.15) is 20.1 Å². The lowest BCUT2D eigenvalue weighted by atomic mass is 10.2. The Balaban J connectivity index is 2.21. The quantitative estimate of drug-likeness (QED) is 0.880. The van der Waals surface area contributed by atoms with Crippen molar-refractivity contribution in [2.75, 3.05) is 11.9 Å². The van der Waals surface area contributed by atoms with Crippen LogP contribution in [0.3, 0.4) is 0 Å². The van der Waals surface area contributed by atoms with E-state index in [1.807, 2.05) is 31.2 Å². The van der Waals surface area contributed by atoms with Gasteiger partial charge in [0.2, 0.25) is 0 Å². The van der Waals surface area contributed by atoms with Crippen LogP contribution in [0.2, 0.25) is 0 Å². The molecule has 0 aliphatic rings. The van der Waals surface area contributed by atoms with Gasteiger partial charge in [-0.1, -0.05) is 18.2 Å². The third-order valence-corrected chi connectivity index (χ3v) is 4.05. The first-order chi connectivity index (χ1) is 9.99. The van der Waals surface area contributed by atoms with Crippen LogP contribution in [0.25, 0.3) is 6.08 Å². The van der Waals surface area contributed by atoms with Crippen LogP contribution in [-0.4, -0.2) is 24.0 Å². The van der Waals surface area contributed by atoms with Crippen LogP contribution in [-0.2, 0) is 4.79 Å². The summed E-state index contributed by atoms with van der Waals surface area (Å²) >= 11 is 1.27. The summed E-state index contributed by atoms with van der Waals surface area (Å²) in [7, 11) is 1.73. The molecule has 1 aromatic carbocycles. The molecule has 0 radical (unpaired) electrons. The molecular weight excluding hydrogens is 286 g/mol. The van der Waals surface area contributed by atoms with Crippen molar-refractivity contribution in [3.05, 3.63) is 57.8 Å². The van der Waals surface area contributed by atoms with Crippen LogP contribution >= 0.6 is 11.3 Å². The summed E-state index contributed by atoms with van der Waals surface area (Å²) in [4.78, 5) is 25.8. The van der Waals surface area contributed by atoms with Crippen LogP contribution in [0.4, 0.5) is 5.69 Å². The van der Waals surface area contributed by atoms with Gasteiger partial charge in [-0.2, -0.15) is 0 Å². The van der Waals surface area contributed by atoms with E-state index in [9.17, 15) is 9.59 Å². The van der Waals surface area contributed by atoms with Gasteiger partial charge in [-0.25, -0.2) is 4.79 Å². The predicted molar refractivity (Wildman–Crippen MR) is 84.9 cm³/mol. The van der Waals surface area contributed by atoms with Crippen molar-refractivity contribution < 1.29 is 14.7 Å². The molecule has 108 valence electrons. The minimum atomic E-state index is -1.01. The molecule has 1 N–H and O–H groups in total. The fourth-order valence-electron chi connectivity index (χ4n) is 1.93. The number of rotatable bonds is 4. The fraction of sp³-hybridized carbons (Fsp3) is 0.125. The van der Waals surface area contributed by atoms with Crippen molar-refractivity contribution in [1.29, 1.82) is 0 Å². The lowest BCUT2D eigenvalue weighted by Gasteiger charge is -2.18. The van der Waals surface area contributed by atoms with E-state index in [-0.39, 0.29) is 5.91 Å². The zero-order valence-electron chi connectivity index (χ0n) is 11.7. The molecule has 5 heteroatoms. The molecule has 0 fully saturated rings. The first-order valence-electron chi connectivity index (χ1n) is 6.33. The second-order valence-electron chi connectivity index (χ2n) is 4.52. The Hall–Kier alpha value is -2.40. The maximum atomic E-state index is 12.4. The number of nitrogens with zero attached hydrogens (tertiary/aromatic N) is 1. The molecule has 0 unspecified atom stereocenters. The number of para-hydroxylation sites is 1. The van der Waals surface area contributed by atoms with E-state index >= 15 is 0 Å². The highest BCUT2D eigenvalue weighted by Gasteiger charge is 2.16. The van der Waals surface area contributed by atoms with Crippen LogP contribution in [0.5, 0.6) is 0 Å². The SMILES string of the molecule is Cc1ccccc1N(C)C(=O)c1ccc(C=CC(=O)O)s1. The van der Waals surface area contributed by atoms with Gasteiger partial charge >= 0.3 is 5.97 Å². The van der Waals surface area contributed by atoms with E-state index in [1.165, 1.54) is 17.4 Å². The van der Waals surface area contributed by atoms with Gasteiger partial charge in [0.15, 0.2) is 0 Å². The standard InChI is InChI=1S/C16H15NO3S/c1-11-5-3-4-6-13(11)17(2)16(20)14-9-7-12(21-14)8-10-15(18)19/h3-10H,1-2H3,(H,18,19). The normalized spacial score (nSPS) is 10.8. The molecule has 1 heterocycles. The van der Waals surface area contributed by atoms with Gasteiger partial charge in [-0.15, -0.1) is 11.3 Å². The number of carbonyl (C=O) groups is 2. The number of thiophene rings is 1. The third-order valence-electron chi connectivity index (χ3n) is 3.01. The van der Waals surface area contributed by atoms with Gasteiger partial charge in [0.25, 0.3) is 5.91 Å². The van der Waals surface area contributed by atoms with E-state index in [4.69, 9.17) is 5.11 Å². The largest absolute Gasteiger partial charge is 0.478 e. The Morgan fingerprint density at radius 3 is 2.57 bits per heavy atom. The molecule has 21 heavy (non-hydrogen) atoms. The Kier molecular flexibility index (Phi) is 4.55. The minimum Gasteiger partial charge on any atom is -0.478 e. The molecule has 1 amide bonds. The Labute approximate surface area is 127 Å². The number of carbonyl (C=O) groups excluding carboxylic acids is 1. The second-order valence-corrected chi connectivity index (χ2v) is 5.64. The summed E-state index contributed by atoms with van der Waals surface area (Å²) in [5, 5.41) is 8.60. The van der Waals surface area contributed by atoms with Crippen molar-refractivity contribution in [3.8, 4) is 0 Å². The Bertz CT molecular complexity index is 703. The number of carboxylic acids is 1. The average molecular weight is 301 g/mol. The highest BCUT2D eigenvalue weighted by Crippen LogP contribution is 2.24. The molecule has 0 aliphatic heterocycles. The zero-order valence-corrected chi connectivity index (χ0v) is 12.6. The number of carboxylic acid groups (broad SMARTS) is 1. The van der Waals surface area contributed by atoms with Crippen molar-refractivity contribution in [1.82, 2.24) is 0 Å². The highest BCUT2D eigenvalue weighted by atomic mass is 32.1. The maximum Gasteiger partial charge on any atom is 0.328 e. The number of benzene rings is 1. The van der Waals surface area contributed by atoms with E-state index in [1.54, 1.807) is 24.1 Å². The summed E-state index contributed by atoms with van der Waals surface area (Å²) in [6.45, 7) is 1.95. The zero-order chi connectivity index (χ0) is 15.4. The monoisotopic (exact) mass is 301 g/mol. The van der Waals surface area contributed by atoms with E-state index in [0.717, 1.165) is 22.2 Å². The van der Waals surface area contributed by atoms with Gasteiger partial charge in [0.1, 0.15) is 0 Å². The van der Waals surface area contributed by atoms with Crippen LogP contribution in [0.15, 0.2) is 42.5 Å². The first kappa shape index (κ1) is 15.0. The second kappa shape index (κ2) is 6.37. The molecular formula is C16H15NO3S. The topological polar surface area (TPSA) is 57.6 Å². The van der Waals surface area contributed by atoms with Crippen LogP contribution < -0.4 is 4.90 Å². The van der Waals surface area contributed by atoms with Crippen molar-refractivity contribution in [3.63, 3.8) is 0 Å². The van der Waals surface area contributed by atoms with Gasteiger partial charge in [-0.3, -0.25) is 4.79 Å². The van der Waals surface area contributed by atoms with Crippen molar-refractivity contribution in [2.24, 2.45) is 0 Å². The summed E-state index contributed by atoms with van der Waals surface area (Å²) in [6.07, 6.45) is 2.54. The lowest BCUT2D eigenvalue weighted by molar-refractivity contribution is -0.131. The Morgan fingerprint density at radius 1 is 1.19 bits per heavy atom. The fourth-order valence-corrected chi connectivity index (χ4v) is 2.81. The number of aliphatic carboxylic acids is 1. The molecule has 0 saturated carbocycles. The number of amides is 1. The van der Waals surface area contributed by atoms with Crippen molar-refractivity contribution in [2.45, 2.75) is 6.92 Å². The first-order valence-corrected chi connectivity index (χ1v) is 7.15. The highest BCUT2D eigenvalue weighted by molar-refractivity contribution is 7.15. The molecule has 0 spiro atoms. The average Bonchev–Trinajstić information content (AvgIpc) is 2.93. The summed E-state index contributed by atoms with van der Waals surface area (Å²) < 4.78 is 0. The molecule has 0 saturated heterocycles. The predicted octanol–water partition coefficient (Wildman–Crippen LogP) is 3.43. The lowest BCUT2D eigenvalue weighted by Crippen LogP contribution is -2.25. The molecule has 0 atom stereocenters. The smallest absolute Gasteiger partial charge is 0.328 e. The summed E-state index contributed by atoms with van der Waals surface area (Å²) in [5.74, 6) is -1.11. The van der Waals surface area contributed by atoms with Crippen LogP contribution in [0, 0.1) is 6.92 Å². The molecule has 1 aromatic heterocycles. The van der Waals surface area contributed by atoms with Gasteiger partial charge in [0, 0.05) is 23.7 Å². The summed E-state index contributed by atoms with van der Waals surface area (Å²) in [6, 6.07) is 11.1. The van der Waals surface area contributed by atoms with Gasteiger partial charge in [0.05, 0.1) is 4.88 Å². The summed E-state index contributed by atoms with van der Waals surface area (Å²) in [5.41, 5.74) is 1.88. The molecule has 0 aliphatic carbocycles. The van der Waals surface area contributed by atoms with E-state index in [0.29, 0.717) is 4.88 Å². The minimum absolute atomic E-state index is 0.107. The molecule has 4 nitrogen and oxygen atoms in total. The Morgan fingerprint density at radius 2 is 1.90 bits per heavy atom. The third kappa shape index (κ3) is 3.58. The molecule has 0 bridgehead atoms. The maximum absolute atomic E-state index is 12.4. The van der Waals surface area contributed by atoms with Gasteiger partial charge < -0.3 is 10.0 Å². The number of hydrogen-bond acceptors (Lipinski definition) is 3. The number of aryl methyl sites for hydroxylation is 1. The molecule has 2 rings (SSSR count). The van der Waals surface area contributed by atoms with Gasteiger partial charge in [-0.05, 0) is 36.8 Å². The number of anilines is 1. The van der Waals surface area contributed by atoms with E-state index < -0.39 is 5.97 Å². The molecule has 2 aromatic rings. The van der Waals surface area contributed by atoms with E-state index in [2.05, 4.69) is 0 Å². The number of hydrogen-bond donors (Lipinski definition) is 1. The van der Waals surface area contributed by atoms with Crippen molar-refractivity contribution >= 4 is 35.0 Å².